The highest BCUT2D eigenvalue weighted by molar-refractivity contribution is 8.04. The quantitative estimate of drug-likeness (QED) is 0.565. The molecule has 0 unspecified atom stereocenters. The Kier molecular flexibility index (Phi) is 5.86. The molecule has 0 aromatic carbocycles. The van der Waals surface area contributed by atoms with Gasteiger partial charge in [-0.25, -0.2) is 9.78 Å². The van der Waals surface area contributed by atoms with E-state index < -0.39 is 5.97 Å². The average molecular weight is 336 g/mol. The van der Waals surface area contributed by atoms with Crippen molar-refractivity contribution >= 4 is 29.7 Å². The Bertz CT molecular complexity index is 688. The molecular formula is C15H20N4O3S. The molecule has 2 heterocycles. The highest BCUT2D eigenvalue weighted by Gasteiger charge is 2.15. The molecule has 8 heteroatoms. The number of hydrogen-bond donors (Lipinski definition) is 2. The summed E-state index contributed by atoms with van der Waals surface area (Å²) in [7, 11) is 0. The lowest BCUT2D eigenvalue weighted by Gasteiger charge is -2.16. The van der Waals surface area contributed by atoms with E-state index >= 15 is 0 Å². The molecule has 0 bridgehead atoms. The van der Waals surface area contributed by atoms with Gasteiger partial charge in [-0.1, -0.05) is 6.92 Å². The number of carbonyl (C=O) groups is 1. The van der Waals surface area contributed by atoms with Crippen molar-refractivity contribution in [3.8, 4) is 0 Å². The molecule has 0 fully saturated rings. The monoisotopic (exact) mass is 336 g/mol. The Morgan fingerprint density at radius 3 is 2.70 bits per heavy atom. The van der Waals surface area contributed by atoms with E-state index in [0.717, 1.165) is 36.6 Å². The molecular weight excluding hydrogens is 316 g/mol. The number of thioether (sulfide) groups is 1. The molecule has 124 valence electrons. The second kappa shape index (κ2) is 7.87. The van der Waals surface area contributed by atoms with Crippen molar-refractivity contribution in [2.75, 3.05) is 18.0 Å². The van der Waals surface area contributed by atoms with Crippen LogP contribution in [0.4, 0.5) is 5.88 Å². The van der Waals surface area contributed by atoms with Crippen LogP contribution in [-0.2, 0) is 11.2 Å². The third-order valence-corrected chi connectivity index (χ3v) is 4.10. The summed E-state index contributed by atoms with van der Waals surface area (Å²) < 4.78 is 5.70. The van der Waals surface area contributed by atoms with Gasteiger partial charge in [-0.05, 0) is 31.7 Å². The summed E-state index contributed by atoms with van der Waals surface area (Å²) in [5.74, 6) is 0.892. The molecule has 23 heavy (non-hydrogen) atoms. The van der Waals surface area contributed by atoms with Gasteiger partial charge in [0.15, 0.2) is 5.88 Å². The van der Waals surface area contributed by atoms with Gasteiger partial charge < -0.3 is 14.4 Å². The van der Waals surface area contributed by atoms with Crippen molar-refractivity contribution in [3.63, 3.8) is 0 Å². The van der Waals surface area contributed by atoms with Crippen LogP contribution in [-0.4, -0.2) is 39.3 Å². The van der Waals surface area contributed by atoms with Crippen molar-refractivity contribution in [1.29, 1.82) is 0 Å². The van der Waals surface area contributed by atoms with Crippen LogP contribution in [0.5, 0.6) is 0 Å². The fourth-order valence-corrected chi connectivity index (χ4v) is 2.68. The molecule has 0 saturated carbocycles. The normalized spacial score (nSPS) is 11.7. The third kappa shape index (κ3) is 4.38. The molecule has 0 amide bonds. The molecule has 2 aromatic heterocycles. The summed E-state index contributed by atoms with van der Waals surface area (Å²) in [6, 6.07) is 3.59. The maximum absolute atomic E-state index is 11.4. The van der Waals surface area contributed by atoms with Gasteiger partial charge in [0.2, 0.25) is 5.16 Å². The highest BCUT2D eigenvalue weighted by Crippen LogP contribution is 2.27. The number of aliphatic carboxylic acids is 1. The number of carboxylic acids is 1. The minimum absolute atomic E-state index is 0.104. The maximum Gasteiger partial charge on any atom is 0.342 e. The second-order valence-electron chi connectivity index (χ2n) is 4.68. The second-order valence-corrected chi connectivity index (χ2v) is 5.69. The first-order chi connectivity index (χ1) is 11.1. The van der Waals surface area contributed by atoms with Crippen molar-refractivity contribution in [2.24, 2.45) is 0 Å². The Balaban J connectivity index is 2.20. The molecule has 0 radical (unpaired) electrons. The smallest absolute Gasteiger partial charge is 0.342 e. The third-order valence-electron chi connectivity index (χ3n) is 3.22. The average Bonchev–Trinajstić information content (AvgIpc) is 3.17. The number of H-pyrrole nitrogens is 1. The molecule has 0 spiro atoms. The van der Waals surface area contributed by atoms with Gasteiger partial charge in [0, 0.05) is 31.7 Å². The minimum atomic E-state index is -1.04. The number of nitrogens with zero attached hydrogens (tertiary/aromatic N) is 3. The number of aryl methyl sites for hydroxylation is 1. The number of carboxylic acid groups (broad SMARTS) is 1. The van der Waals surface area contributed by atoms with Gasteiger partial charge >= 0.3 is 5.97 Å². The number of nitrogens with one attached hydrogen (secondary N) is 1. The van der Waals surface area contributed by atoms with Crippen LogP contribution >= 0.6 is 11.8 Å². The number of aromatic nitrogens is 3. The number of anilines is 1. The first kappa shape index (κ1) is 17.1. The zero-order valence-corrected chi connectivity index (χ0v) is 14.2. The Labute approximate surface area is 138 Å². The van der Waals surface area contributed by atoms with Crippen LogP contribution in [0.3, 0.4) is 0 Å². The van der Waals surface area contributed by atoms with Crippen molar-refractivity contribution in [3.05, 3.63) is 28.6 Å². The zero-order valence-electron chi connectivity index (χ0n) is 13.4. The minimum Gasteiger partial charge on any atom is -0.477 e. The van der Waals surface area contributed by atoms with E-state index in [1.165, 1.54) is 6.08 Å². The highest BCUT2D eigenvalue weighted by atomic mass is 32.2. The molecule has 0 aliphatic carbocycles. The molecule has 2 aromatic rings. The molecule has 2 N–H and O–H groups in total. The van der Waals surface area contributed by atoms with E-state index in [1.807, 2.05) is 31.7 Å². The van der Waals surface area contributed by atoms with Crippen molar-refractivity contribution in [1.82, 2.24) is 15.2 Å². The summed E-state index contributed by atoms with van der Waals surface area (Å²) in [6.07, 6.45) is 2.20. The van der Waals surface area contributed by atoms with Crippen LogP contribution in [0.1, 0.15) is 32.4 Å². The predicted molar refractivity (Wildman–Crippen MR) is 89.5 cm³/mol. The largest absolute Gasteiger partial charge is 0.477 e. The zero-order chi connectivity index (χ0) is 16.8. The topological polar surface area (TPSA) is 95.2 Å². The molecule has 0 saturated heterocycles. The van der Waals surface area contributed by atoms with Gasteiger partial charge in [-0.3, -0.25) is 5.10 Å². The van der Waals surface area contributed by atoms with E-state index in [9.17, 15) is 9.90 Å². The Morgan fingerprint density at radius 1 is 1.39 bits per heavy atom. The lowest BCUT2D eigenvalue weighted by atomic mass is 10.4. The summed E-state index contributed by atoms with van der Waals surface area (Å²) in [6.45, 7) is 7.67. The van der Waals surface area contributed by atoms with Crippen LogP contribution in [0.25, 0.3) is 6.08 Å². The molecule has 0 atom stereocenters. The van der Waals surface area contributed by atoms with Crippen molar-refractivity contribution < 1.29 is 14.3 Å². The lowest BCUT2D eigenvalue weighted by Crippen LogP contribution is -2.20. The van der Waals surface area contributed by atoms with Gasteiger partial charge in [0.1, 0.15) is 16.5 Å². The molecule has 0 aliphatic heterocycles. The van der Waals surface area contributed by atoms with Gasteiger partial charge in [0.25, 0.3) is 0 Å². The number of hydrogen-bond acceptors (Lipinski definition) is 6. The standard InChI is InChI=1S/C15H20N4O3S/c1-4-12-16-15(18-17-12)23-11(14(20)21)9-10-7-8-13(22-10)19(5-2)6-3/h7-9H,4-6H2,1-3H3,(H,20,21)(H,16,17,18)/b11-9+. The maximum atomic E-state index is 11.4. The van der Waals surface area contributed by atoms with E-state index in [-0.39, 0.29) is 4.91 Å². The van der Waals surface area contributed by atoms with E-state index in [1.54, 1.807) is 6.07 Å². The van der Waals surface area contributed by atoms with Gasteiger partial charge in [0.05, 0.1) is 0 Å². The molecule has 0 aliphatic rings. The Morgan fingerprint density at radius 2 is 2.13 bits per heavy atom. The molecule has 7 nitrogen and oxygen atoms in total. The summed E-state index contributed by atoms with van der Waals surface area (Å²) in [5, 5.41) is 16.5. The Hall–Kier alpha value is -2.22. The van der Waals surface area contributed by atoms with E-state index in [2.05, 4.69) is 15.2 Å². The SMILES string of the molecule is CCc1nc(S/C(=C/c2ccc(N(CC)CC)o2)C(=O)O)n[nH]1. The first-order valence-corrected chi connectivity index (χ1v) is 8.27. The van der Waals surface area contributed by atoms with Gasteiger partial charge in [-0.15, -0.1) is 5.10 Å². The summed E-state index contributed by atoms with van der Waals surface area (Å²) in [4.78, 5) is 17.8. The van der Waals surface area contributed by atoms with Crippen molar-refractivity contribution in [2.45, 2.75) is 32.3 Å². The lowest BCUT2D eigenvalue weighted by molar-refractivity contribution is -0.131. The van der Waals surface area contributed by atoms with Crippen LogP contribution in [0, 0.1) is 0 Å². The number of furan rings is 1. The number of aromatic amines is 1. The van der Waals surface area contributed by atoms with Crippen LogP contribution in [0.15, 0.2) is 26.6 Å². The fourth-order valence-electron chi connectivity index (χ4n) is 1.97. The van der Waals surface area contributed by atoms with E-state index in [0.29, 0.717) is 17.3 Å². The number of rotatable bonds is 8. The van der Waals surface area contributed by atoms with Crippen LogP contribution in [0.2, 0.25) is 0 Å². The summed E-state index contributed by atoms with van der Waals surface area (Å²) in [5.41, 5.74) is 0. The van der Waals surface area contributed by atoms with Crippen LogP contribution < -0.4 is 4.90 Å². The first-order valence-electron chi connectivity index (χ1n) is 7.46. The fraction of sp³-hybridized carbons (Fsp3) is 0.400. The van der Waals surface area contributed by atoms with E-state index in [4.69, 9.17) is 4.42 Å². The van der Waals surface area contributed by atoms with Gasteiger partial charge in [-0.2, -0.15) is 0 Å². The predicted octanol–water partition coefficient (Wildman–Crippen LogP) is 3.02. The molecule has 2 rings (SSSR count). The summed E-state index contributed by atoms with van der Waals surface area (Å²) >= 11 is 0.992.